The highest BCUT2D eigenvalue weighted by atomic mass is 79.9. The van der Waals surface area contributed by atoms with Crippen LogP contribution < -0.4 is 0 Å². The molecule has 0 nitrogen and oxygen atoms in total. The summed E-state index contributed by atoms with van der Waals surface area (Å²) in [6.45, 7) is 6.62. The predicted molar refractivity (Wildman–Crippen MR) is 87.1 cm³/mol. The average molecular weight is 317 g/mol. The molecule has 19 heavy (non-hydrogen) atoms. The van der Waals surface area contributed by atoms with Crippen molar-refractivity contribution in [1.82, 2.24) is 0 Å². The van der Waals surface area contributed by atoms with Crippen molar-refractivity contribution in [2.24, 2.45) is 0 Å². The molecule has 0 saturated carbocycles. The molecule has 0 aliphatic carbocycles. The Bertz CT molecular complexity index is 531. The maximum absolute atomic E-state index is 3.93. The van der Waals surface area contributed by atoms with E-state index in [-0.39, 0.29) is 0 Å². The molecule has 2 aromatic rings. The lowest BCUT2D eigenvalue weighted by atomic mass is 9.88. The zero-order valence-corrected chi connectivity index (χ0v) is 13.4. The zero-order valence-electron chi connectivity index (χ0n) is 11.9. The quantitative estimate of drug-likeness (QED) is 0.613. The molecule has 0 N–H and O–H groups in total. The minimum atomic E-state index is 0.375. The van der Waals surface area contributed by atoms with Gasteiger partial charge in [0.05, 0.1) is 0 Å². The first-order valence-electron chi connectivity index (χ1n) is 6.89. The van der Waals surface area contributed by atoms with Crippen molar-refractivity contribution in [3.8, 4) is 0 Å². The minimum absolute atomic E-state index is 0.375. The Kier molecular flexibility index (Phi) is 4.81. The van der Waals surface area contributed by atoms with Gasteiger partial charge in [0.15, 0.2) is 0 Å². The molecule has 0 amide bonds. The van der Waals surface area contributed by atoms with Gasteiger partial charge in [0.25, 0.3) is 0 Å². The molecule has 0 radical (unpaired) electrons. The first-order valence-corrected chi connectivity index (χ1v) is 7.81. The van der Waals surface area contributed by atoms with E-state index in [0.29, 0.717) is 10.7 Å². The maximum Gasteiger partial charge on any atom is 0.0466 e. The molecule has 2 aromatic carbocycles. The number of aryl methyl sites for hydroxylation is 2. The molecular formula is C18H21Br. The van der Waals surface area contributed by atoms with Crippen molar-refractivity contribution < 1.29 is 0 Å². The second-order valence-corrected chi connectivity index (χ2v) is 6.17. The Morgan fingerprint density at radius 1 is 1.00 bits per heavy atom. The maximum atomic E-state index is 3.93. The van der Waals surface area contributed by atoms with Crippen molar-refractivity contribution in [3.05, 3.63) is 70.8 Å². The van der Waals surface area contributed by atoms with E-state index in [2.05, 4.69) is 85.2 Å². The normalized spacial score (nSPS) is 14.1. The molecule has 0 aromatic heterocycles. The number of alkyl halides is 1. The lowest BCUT2D eigenvalue weighted by molar-refractivity contribution is 0.652. The third-order valence-electron chi connectivity index (χ3n) is 3.75. The lowest BCUT2D eigenvalue weighted by Crippen LogP contribution is -2.06. The summed E-state index contributed by atoms with van der Waals surface area (Å²) < 4.78 is 0. The van der Waals surface area contributed by atoms with Gasteiger partial charge in [-0.1, -0.05) is 76.9 Å². The summed E-state index contributed by atoms with van der Waals surface area (Å²) in [7, 11) is 0. The highest BCUT2D eigenvalue weighted by Gasteiger charge is 2.22. The molecule has 0 aliphatic heterocycles. The smallest absolute Gasteiger partial charge is 0.0466 e. The van der Waals surface area contributed by atoms with E-state index in [9.17, 15) is 0 Å². The van der Waals surface area contributed by atoms with Gasteiger partial charge in [0.2, 0.25) is 0 Å². The second-order valence-electron chi connectivity index (χ2n) is 5.19. The summed E-state index contributed by atoms with van der Waals surface area (Å²) in [6.07, 6.45) is 1.13. The third kappa shape index (κ3) is 3.27. The van der Waals surface area contributed by atoms with Crippen LogP contribution in [0.15, 0.2) is 48.5 Å². The molecule has 1 heteroatoms. The van der Waals surface area contributed by atoms with E-state index in [4.69, 9.17) is 0 Å². The average Bonchev–Trinajstić information content (AvgIpc) is 2.43. The van der Waals surface area contributed by atoms with Gasteiger partial charge in [-0.25, -0.2) is 0 Å². The summed E-state index contributed by atoms with van der Waals surface area (Å²) in [5, 5.41) is 0. The van der Waals surface area contributed by atoms with Gasteiger partial charge in [0.1, 0.15) is 0 Å². The standard InChI is InChI=1S/C18H21Br/c1-4-16(15-8-6-5-7-9-15)18(19)17-12-13(2)10-11-14(17)3/h5-12,16,18H,4H2,1-3H3. The molecule has 2 unspecified atom stereocenters. The van der Waals surface area contributed by atoms with Crippen LogP contribution >= 0.6 is 15.9 Å². The molecular weight excluding hydrogens is 296 g/mol. The predicted octanol–water partition coefficient (Wildman–Crippen LogP) is 5.93. The van der Waals surface area contributed by atoms with E-state index in [0.717, 1.165) is 6.42 Å². The van der Waals surface area contributed by atoms with E-state index < -0.39 is 0 Å². The van der Waals surface area contributed by atoms with Crippen LogP contribution in [0.25, 0.3) is 0 Å². The van der Waals surface area contributed by atoms with Crippen LogP contribution in [-0.4, -0.2) is 0 Å². The van der Waals surface area contributed by atoms with Gasteiger partial charge in [0, 0.05) is 10.7 Å². The van der Waals surface area contributed by atoms with Gasteiger partial charge in [-0.3, -0.25) is 0 Å². The number of hydrogen-bond donors (Lipinski definition) is 0. The zero-order chi connectivity index (χ0) is 13.8. The summed E-state index contributed by atoms with van der Waals surface area (Å²) in [6, 6.07) is 17.5. The van der Waals surface area contributed by atoms with Crippen LogP contribution in [0.4, 0.5) is 0 Å². The van der Waals surface area contributed by atoms with Crippen LogP contribution in [0.5, 0.6) is 0 Å². The van der Waals surface area contributed by atoms with Gasteiger partial charge in [-0.15, -0.1) is 0 Å². The minimum Gasteiger partial charge on any atom is -0.0832 e. The van der Waals surface area contributed by atoms with Crippen LogP contribution in [0, 0.1) is 13.8 Å². The Hall–Kier alpha value is -1.08. The van der Waals surface area contributed by atoms with Crippen molar-refractivity contribution in [2.45, 2.75) is 37.9 Å². The Balaban J connectivity index is 2.36. The topological polar surface area (TPSA) is 0 Å². The van der Waals surface area contributed by atoms with Crippen molar-refractivity contribution in [1.29, 1.82) is 0 Å². The van der Waals surface area contributed by atoms with E-state index in [1.807, 2.05) is 0 Å². The molecule has 100 valence electrons. The number of hydrogen-bond acceptors (Lipinski definition) is 0. The second kappa shape index (κ2) is 6.38. The van der Waals surface area contributed by atoms with Crippen LogP contribution in [0.1, 0.15) is 46.3 Å². The molecule has 0 saturated heterocycles. The van der Waals surface area contributed by atoms with Gasteiger partial charge in [-0.2, -0.15) is 0 Å². The van der Waals surface area contributed by atoms with E-state index >= 15 is 0 Å². The highest BCUT2D eigenvalue weighted by Crippen LogP contribution is 2.41. The SMILES string of the molecule is CCC(c1ccccc1)C(Br)c1cc(C)ccc1C. The number of halogens is 1. The fourth-order valence-corrected chi connectivity index (χ4v) is 3.76. The van der Waals surface area contributed by atoms with Gasteiger partial charge >= 0.3 is 0 Å². The van der Waals surface area contributed by atoms with Crippen LogP contribution in [0.3, 0.4) is 0 Å². The van der Waals surface area contributed by atoms with Crippen LogP contribution in [0.2, 0.25) is 0 Å². The van der Waals surface area contributed by atoms with E-state index in [1.165, 1.54) is 22.3 Å². The summed E-state index contributed by atoms with van der Waals surface area (Å²) in [5.41, 5.74) is 5.51. The molecule has 0 fully saturated rings. The van der Waals surface area contributed by atoms with Crippen molar-refractivity contribution in [3.63, 3.8) is 0 Å². The fraction of sp³-hybridized carbons (Fsp3) is 0.333. The summed E-state index contributed by atoms with van der Waals surface area (Å²) in [4.78, 5) is 0.375. The largest absolute Gasteiger partial charge is 0.0832 e. The number of benzene rings is 2. The summed E-state index contributed by atoms with van der Waals surface area (Å²) >= 11 is 3.93. The Morgan fingerprint density at radius 2 is 1.68 bits per heavy atom. The number of rotatable bonds is 4. The van der Waals surface area contributed by atoms with Crippen molar-refractivity contribution >= 4 is 15.9 Å². The fourth-order valence-electron chi connectivity index (χ4n) is 2.59. The Labute approximate surface area is 125 Å². The molecule has 0 spiro atoms. The molecule has 2 rings (SSSR count). The Morgan fingerprint density at radius 3 is 2.32 bits per heavy atom. The highest BCUT2D eigenvalue weighted by molar-refractivity contribution is 9.09. The monoisotopic (exact) mass is 316 g/mol. The van der Waals surface area contributed by atoms with Gasteiger partial charge in [-0.05, 0) is 37.0 Å². The molecule has 0 heterocycles. The molecule has 0 aliphatic rings. The lowest BCUT2D eigenvalue weighted by Gasteiger charge is -2.24. The van der Waals surface area contributed by atoms with Crippen LogP contribution in [-0.2, 0) is 0 Å². The third-order valence-corrected chi connectivity index (χ3v) is 4.88. The van der Waals surface area contributed by atoms with E-state index in [1.54, 1.807) is 0 Å². The first-order chi connectivity index (χ1) is 9.13. The molecule has 2 atom stereocenters. The summed E-state index contributed by atoms with van der Waals surface area (Å²) in [5.74, 6) is 0.515. The van der Waals surface area contributed by atoms with Crippen molar-refractivity contribution in [2.75, 3.05) is 0 Å². The van der Waals surface area contributed by atoms with Gasteiger partial charge < -0.3 is 0 Å². The first kappa shape index (κ1) is 14.3. The molecule has 0 bridgehead atoms.